The smallest absolute Gasteiger partial charge is 0.134 e. The second-order valence-corrected chi connectivity index (χ2v) is 7.65. The summed E-state index contributed by atoms with van der Waals surface area (Å²) in [6.45, 7) is 2.28. The molecule has 3 unspecified atom stereocenters. The molecule has 3 atom stereocenters. The lowest BCUT2D eigenvalue weighted by Gasteiger charge is -2.18. The quantitative estimate of drug-likeness (QED) is 0.573. The average Bonchev–Trinajstić information content (AvgIpc) is 3.29. The molecule has 4 rings (SSSR count). The number of allylic oxidation sites excluding steroid dienone is 1. The number of hydrogen-bond donors (Lipinski definition) is 0. The summed E-state index contributed by atoms with van der Waals surface area (Å²) in [5, 5.41) is 0. The van der Waals surface area contributed by atoms with E-state index in [2.05, 4.69) is 48.3 Å². The fraction of sp³-hybridized carbons (Fsp3) is 0.320. The van der Waals surface area contributed by atoms with Crippen LogP contribution in [0.1, 0.15) is 42.0 Å². The van der Waals surface area contributed by atoms with Gasteiger partial charge in [-0.3, -0.25) is 4.79 Å². The van der Waals surface area contributed by atoms with Crippen molar-refractivity contribution in [3.05, 3.63) is 82.9 Å². The molecule has 0 aliphatic heterocycles. The number of carbonyl (C=O) groups excluding carboxylic acids is 1. The van der Waals surface area contributed by atoms with Crippen LogP contribution in [0.4, 0.5) is 0 Å². The van der Waals surface area contributed by atoms with E-state index in [0.717, 1.165) is 22.6 Å². The van der Waals surface area contributed by atoms with Crippen LogP contribution in [0.5, 0.6) is 0 Å². The number of ketones is 1. The Morgan fingerprint density at radius 1 is 0.926 bits per heavy atom. The maximum Gasteiger partial charge on any atom is 0.134 e. The van der Waals surface area contributed by atoms with E-state index in [0.29, 0.717) is 25.0 Å². The number of hydrogen-bond acceptors (Lipinski definition) is 2. The van der Waals surface area contributed by atoms with Crippen molar-refractivity contribution < 1.29 is 9.53 Å². The first-order chi connectivity index (χ1) is 13.2. The molecule has 2 bridgehead atoms. The topological polar surface area (TPSA) is 26.3 Å². The first-order valence-electron chi connectivity index (χ1n) is 9.65. The Balaban J connectivity index is 1.32. The number of ether oxygens (including phenoxy) is 1. The Morgan fingerprint density at radius 2 is 1.56 bits per heavy atom. The maximum absolute atomic E-state index is 11.2. The van der Waals surface area contributed by atoms with E-state index in [9.17, 15) is 4.79 Å². The van der Waals surface area contributed by atoms with E-state index >= 15 is 0 Å². The van der Waals surface area contributed by atoms with Crippen LogP contribution in [0, 0.1) is 23.7 Å². The highest BCUT2D eigenvalue weighted by atomic mass is 16.5. The molecule has 1 fully saturated rings. The number of benzene rings is 2. The highest BCUT2D eigenvalue weighted by molar-refractivity contribution is 5.78. The van der Waals surface area contributed by atoms with Gasteiger partial charge in [0.1, 0.15) is 5.78 Å². The molecule has 0 saturated heterocycles. The normalized spacial score (nSPS) is 22.5. The van der Waals surface area contributed by atoms with E-state index in [-0.39, 0.29) is 5.78 Å². The molecule has 0 radical (unpaired) electrons. The zero-order valence-corrected chi connectivity index (χ0v) is 15.7. The van der Waals surface area contributed by atoms with Crippen molar-refractivity contribution in [1.29, 1.82) is 0 Å². The monoisotopic (exact) mass is 356 g/mol. The van der Waals surface area contributed by atoms with Gasteiger partial charge in [-0.05, 0) is 61.1 Å². The molecule has 0 N–H and O–H groups in total. The number of Topliss-reactive ketones (excluding diaryl/α,β-unsaturated/α-hetero) is 1. The molecule has 2 aromatic rings. The van der Waals surface area contributed by atoms with Crippen molar-refractivity contribution in [2.24, 2.45) is 11.8 Å². The fourth-order valence-corrected chi connectivity index (χ4v) is 3.95. The molecule has 2 aromatic carbocycles. The Hall–Kier alpha value is -2.63. The number of rotatable bonds is 5. The predicted molar refractivity (Wildman–Crippen MR) is 107 cm³/mol. The van der Waals surface area contributed by atoms with Gasteiger partial charge in [0.2, 0.25) is 0 Å². The molecule has 0 amide bonds. The molecular formula is C25H24O2. The third-order valence-electron chi connectivity index (χ3n) is 5.39. The third kappa shape index (κ3) is 4.56. The minimum absolute atomic E-state index is 0.176. The lowest BCUT2D eigenvalue weighted by Crippen LogP contribution is -2.17. The van der Waals surface area contributed by atoms with Crippen LogP contribution < -0.4 is 0 Å². The summed E-state index contributed by atoms with van der Waals surface area (Å²) in [6.07, 6.45) is 7.99. The predicted octanol–water partition coefficient (Wildman–Crippen LogP) is 4.70. The Kier molecular flexibility index (Phi) is 5.23. The van der Waals surface area contributed by atoms with Crippen molar-refractivity contribution in [1.82, 2.24) is 0 Å². The van der Waals surface area contributed by atoms with Crippen LogP contribution in [0.25, 0.3) is 0 Å². The average molecular weight is 356 g/mol. The van der Waals surface area contributed by atoms with Gasteiger partial charge in [0.25, 0.3) is 0 Å². The van der Waals surface area contributed by atoms with Gasteiger partial charge in [0.05, 0.1) is 12.7 Å². The van der Waals surface area contributed by atoms with Gasteiger partial charge < -0.3 is 4.74 Å². The van der Waals surface area contributed by atoms with Gasteiger partial charge in [-0.15, -0.1) is 0 Å². The largest absolute Gasteiger partial charge is 0.373 e. The Morgan fingerprint density at radius 3 is 2.07 bits per heavy atom. The van der Waals surface area contributed by atoms with Gasteiger partial charge >= 0.3 is 0 Å². The van der Waals surface area contributed by atoms with Gasteiger partial charge in [-0.25, -0.2) is 0 Å². The molecule has 27 heavy (non-hydrogen) atoms. The van der Waals surface area contributed by atoms with Crippen molar-refractivity contribution in [2.45, 2.75) is 38.9 Å². The molecule has 0 spiro atoms. The second-order valence-electron chi connectivity index (χ2n) is 7.65. The molecule has 2 aliphatic rings. The molecule has 2 nitrogen and oxygen atoms in total. The lowest BCUT2D eigenvalue weighted by molar-refractivity contribution is -0.116. The molecule has 2 heteroatoms. The van der Waals surface area contributed by atoms with E-state index in [1.54, 1.807) is 6.92 Å². The molecular weight excluding hydrogens is 332 g/mol. The molecule has 136 valence electrons. The second kappa shape index (κ2) is 7.94. The van der Waals surface area contributed by atoms with Gasteiger partial charge in [0.15, 0.2) is 0 Å². The summed E-state index contributed by atoms with van der Waals surface area (Å²) in [6, 6.07) is 16.2. The van der Waals surface area contributed by atoms with E-state index in [1.165, 1.54) is 18.4 Å². The van der Waals surface area contributed by atoms with Gasteiger partial charge in [-0.2, -0.15) is 0 Å². The summed E-state index contributed by atoms with van der Waals surface area (Å²) < 4.78 is 6.12. The minimum Gasteiger partial charge on any atom is -0.373 e. The SMILES string of the molecule is CC(=O)Cc1ccc(C#Cc2ccc(COC3CC4C=CC3C4)cc2)cc1. The van der Waals surface area contributed by atoms with Crippen molar-refractivity contribution in [2.75, 3.05) is 0 Å². The van der Waals surface area contributed by atoms with Crippen LogP contribution >= 0.6 is 0 Å². The highest BCUT2D eigenvalue weighted by Crippen LogP contribution is 2.40. The van der Waals surface area contributed by atoms with Gasteiger partial charge in [0, 0.05) is 23.5 Å². The van der Waals surface area contributed by atoms with E-state index in [4.69, 9.17) is 4.74 Å². The highest BCUT2D eigenvalue weighted by Gasteiger charge is 2.36. The van der Waals surface area contributed by atoms with Crippen molar-refractivity contribution in [3.63, 3.8) is 0 Å². The molecule has 0 heterocycles. The van der Waals surface area contributed by atoms with E-state index < -0.39 is 0 Å². The standard InChI is InChI=1S/C25H24O2/c1-18(26)14-21-8-4-19(5-9-21)2-3-20-6-10-22(11-7-20)17-27-25-16-23-12-13-24(25)15-23/h4-13,23-25H,14-17H2,1H3. The summed E-state index contributed by atoms with van der Waals surface area (Å²) in [4.78, 5) is 11.2. The summed E-state index contributed by atoms with van der Waals surface area (Å²) in [7, 11) is 0. The summed E-state index contributed by atoms with van der Waals surface area (Å²) in [5.41, 5.74) is 4.18. The van der Waals surface area contributed by atoms with Gasteiger partial charge in [-0.1, -0.05) is 48.3 Å². The molecule has 1 saturated carbocycles. The van der Waals surface area contributed by atoms with E-state index in [1.807, 2.05) is 24.3 Å². The number of carbonyl (C=O) groups is 1. The first-order valence-corrected chi connectivity index (χ1v) is 9.65. The van der Waals surface area contributed by atoms with Crippen molar-refractivity contribution >= 4 is 5.78 Å². The Bertz CT molecular complexity index is 894. The lowest BCUT2D eigenvalue weighted by atomic mass is 10.0. The third-order valence-corrected chi connectivity index (χ3v) is 5.39. The van der Waals surface area contributed by atoms with Crippen LogP contribution in [0.15, 0.2) is 60.7 Å². The summed E-state index contributed by atoms with van der Waals surface area (Å²) >= 11 is 0. The zero-order chi connectivity index (χ0) is 18.6. The van der Waals surface area contributed by atoms with Crippen LogP contribution in [-0.4, -0.2) is 11.9 Å². The fourth-order valence-electron chi connectivity index (χ4n) is 3.95. The Labute approximate surface area is 161 Å². The zero-order valence-electron chi connectivity index (χ0n) is 15.7. The summed E-state index contributed by atoms with van der Waals surface area (Å²) in [5.74, 6) is 7.93. The van der Waals surface area contributed by atoms with Crippen molar-refractivity contribution in [3.8, 4) is 11.8 Å². The minimum atomic E-state index is 0.176. The molecule has 2 aliphatic carbocycles. The van der Waals surface area contributed by atoms with Crippen LogP contribution in [0.2, 0.25) is 0 Å². The maximum atomic E-state index is 11.2. The first kappa shape index (κ1) is 17.8. The van der Waals surface area contributed by atoms with Crippen LogP contribution in [0.3, 0.4) is 0 Å². The number of fused-ring (bicyclic) bond motifs is 2. The molecule has 0 aromatic heterocycles. The van der Waals surface area contributed by atoms with Crippen LogP contribution in [-0.2, 0) is 22.6 Å².